The Labute approximate surface area is 237 Å². The lowest BCUT2D eigenvalue weighted by Gasteiger charge is -2.35. The van der Waals surface area contributed by atoms with Crippen molar-refractivity contribution in [1.29, 1.82) is 0 Å². The first-order chi connectivity index (χ1) is 19.0. The molecule has 4 rings (SSSR count). The van der Waals surface area contributed by atoms with Crippen LogP contribution in [0, 0.1) is 11.8 Å². The second-order valence-corrected chi connectivity index (χ2v) is 11.1. The van der Waals surface area contributed by atoms with Gasteiger partial charge in [-0.2, -0.15) is 0 Å². The molecule has 9 nitrogen and oxygen atoms in total. The van der Waals surface area contributed by atoms with E-state index in [4.69, 9.17) is 4.74 Å². The summed E-state index contributed by atoms with van der Waals surface area (Å²) in [5.74, 6) is -1.02. The predicted molar refractivity (Wildman–Crippen MR) is 155 cm³/mol. The molecule has 6 atom stereocenters. The molecule has 0 aromatic heterocycles. The lowest BCUT2D eigenvalue weighted by molar-refractivity contribution is -0.138. The summed E-state index contributed by atoms with van der Waals surface area (Å²) in [6.45, 7) is 8.15. The maximum Gasteiger partial charge on any atom is 0.247 e. The van der Waals surface area contributed by atoms with Crippen LogP contribution in [0.1, 0.15) is 51.3 Å². The zero-order valence-corrected chi connectivity index (χ0v) is 24.4. The second kappa shape index (κ2) is 14.3. The summed E-state index contributed by atoms with van der Waals surface area (Å²) >= 11 is 0. The smallest absolute Gasteiger partial charge is 0.247 e. The Morgan fingerprint density at radius 3 is 2.27 bits per heavy atom. The molecule has 0 saturated heterocycles. The number of ether oxygens (including phenoxy) is 1. The number of likely N-dealkylation sites (N-methyl/N-ethyl adjacent to an activating group) is 1. The maximum atomic E-state index is 14.0. The molecule has 2 aromatic carbocycles. The Bertz CT molecular complexity index is 1120. The minimum Gasteiger partial charge on any atom is -0.487 e. The van der Waals surface area contributed by atoms with E-state index >= 15 is 0 Å². The summed E-state index contributed by atoms with van der Waals surface area (Å²) in [5.41, 5.74) is 1.49. The van der Waals surface area contributed by atoms with Crippen molar-refractivity contribution in [3.8, 4) is 5.75 Å². The van der Waals surface area contributed by atoms with Gasteiger partial charge in [0.05, 0.1) is 6.04 Å². The average Bonchev–Trinajstić information content (AvgIpc) is 2.93. The van der Waals surface area contributed by atoms with Gasteiger partial charge in [-0.25, -0.2) is 0 Å². The quantitative estimate of drug-likeness (QED) is 0.399. The molecule has 218 valence electrons. The number of hydrogen-bond donors (Lipinski definition) is 4. The van der Waals surface area contributed by atoms with Crippen LogP contribution in [0.4, 0.5) is 0 Å². The first kappa shape index (κ1) is 31.1. The maximum absolute atomic E-state index is 14.0. The summed E-state index contributed by atoms with van der Waals surface area (Å²) in [6, 6.07) is 13.3. The van der Waals surface area contributed by atoms with Crippen LogP contribution >= 0.6 is 0 Å². The van der Waals surface area contributed by atoms with E-state index in [2.05, 4.69) is 16.0 Å². The standard InChI is InChI=1S/C31H44N4O5/c1-7-20(4)26(35(5)6)31(39)34-25-28(19(2)3)40-23-15-13-21(14-16-23)17-18-32-29(37)24(33-30(25)38)27(36)22-11-9-8-10-12-22/h8-16,19-20,24-28,36H,7,17-18H2,1-6H3,(H,32,37)(H,33,38)(H,34,39). The molecule has 9 heteroatoms. The van der Waals surface area contributed by atoms with E-state index in [0.29, 0.717) is 24.3 Å². The highest BCUT2D eigenvalue weighted by atomic mass is 16.5. The molecule has 0 aliphatic carbocycles. The molecular formula is C31H44N4O5. The third kappa shape index (κ3) is 7.82. The fourth-order valence-corrected chi connectivity index (χ4v) is 5.06. The van der Waals surface area contributed by atoms with Gasteiger partial charge in [-0.3, -0.25) is 19.3 Å². The summed E-state index contributed by atoms with van der Waals surface area (Å²) in [4.78, 5) is 42.8. The highest BCUT2D eigenvalue weighted by Crippen LogP contribution is 2.23. The first-order valence-electron chi connectivity index (χ1n) is 14.1. The Hall–Kier alpha value is -3.43. The fraction of sp³-hybridized carbons (Fsp3) is 0.516. The van der Waals surface area contributed by atoms with E-state index in [1.54, 1.807) is 24.3 Å². The van der Waals surface area contributed by atoms with Crippen LogP contribution in [0.3, 0.4) is 0 Å². The zero-order chi connectivity index (χ0) is 29.4. The monoisotopic (exact) mass is 552 g/mol. The number of carbonyl (C=O) groups excluding carboxylic acids is 3. The summed E-state index contributed by atoms with van der Waals surface area (Å²) in [6.07, 6.45) is -0.715. The van der Waals surface area contributed by atoms with Crippen molar-refractivity contribution in [3.05, 3.63) is 65.7 Å². The zero-order valence-electron chi connectivity index (χ0n) is 24.4. The van der Waals surface area contributed by atoms with E-state index in [9.17, 15) is 19.5 Å². The van der Waals surface area contributed by atoms with Crippen molar-refractivity contribution in [2.45, 2.75) is 70.9 Å². The molecule has 40 heavy (non-hydrogen) atoms. The number of fused-ring (bicyclic) bond motifs is 11. The number of rotatable bonds is 8. The number of aliphatic hydroxyl groups is 1. The van der Waals surface area contributed by atoms with Crippen LogP contribution in [0.5, 0.6) is 5.75 Å². The molecule has 0 radical (unpaired) electrons. The molecule has 0 spiro atoms. The van der Waals surface area contributed by atoms with Gasteiger partial charge in [-0.15, -0.1) is 0 Å². The van der Waals surface area contributed by atoms with Crippen molar-refractivity contribution in [2.24, 2.45) is 11.8 Å². The van der Waals surface area contributed by atoms with E-state index in [-0.39, 0.29) is 17.7 Å². The number of nitrogens with zero attached hydrogens (tertiary/aromatic N) is 1. The van der Waals surface area contributed by atoms with Crippen LogP contribution in [0.2, 0.25) is 0 Å². The summed E-state index contributed by atoms with van der Waals surface area (Å²) < 4.78 is 6.34. The van der Waals surface area contributed by atoms with Gasteiger partial charge in [-0.1, -0.05) is 76.6 Å². The van der Waals surface area contributed by atoms with E-state index < -0.39 is 42.1 Å². The normalized spacial score (nSPS) is 22.5. The van der Waals surface area contributed by atoms with Crippen LogP contribution in [0.15, 0.2) is 54.6 Å². The van der Waals surface area contributed by atoms with Crippen molar-refractivity contribution in [2.75, 3.05) is 20.6 Å². The number of carbonyl (C=O) groups is 3. The molecule has 2 bridgehead atoms. The lowest BCUT2D eigenvalue weighted by atomic mass is 9.94. The van der Waals surface area contributed by atoms with Gasteiger partial charge in [-0.05, 0) is 55.6 Å². The van der Waals surface area contributed by atoms with Gasteiger partial charge in [0.2, 0.25) is 17.7 Å². The number of hydrogen-bond acceptors (Lipinski definition) is 6. The van der Waals surface area contributed by atoms with Gasteiger partial charge in [0.1, 0.15) is 30.0 Å². The molecule has 2 aliphatic rings. The minimum absolute atomic E-state index is 0.0287. The van der Waals surface area contributed by atoms with Crippen LogP contribution in [0.25, 0.3) is 0 Å². The van der Waals surface area contributed by atoms with Gasteiger partial charge < -0.3 is 25.8 Å². The van der Waals surface area contributed by atoms with Crippen molar-refractivity contribution in [1.82, 2.24) is 20.9 Å². The molecule has 6 unspecified atom stereocenters. The molecular weight excluding hydrogens is 508 g/mol. The van der Waals surface area contributed by atoms with Gasteiger partial charge in [0, 0.05) is 6.54 Å². The average molecular weight is 553 g/mol. The molecule has 3 amide bonds. The molecule has 0 fully saturated rings. The number of benzene rings is 2. The molecule has 2 heterocycles. The topological polar surface area (TPSA) is 120 Å². The number of amides is 3. The third-order valence-electron chi connectivity index (χ3n) is 7.52. The van der Waals surface area contributed by atoms with Gasteiger partial charge in [0.15, 0.2) is 0 Å². The SMILES string of the molecule is CCC(C)C(C(=O)NC1C(=O)NC(C(O)c2ccccc2)C(=O)NCCc2ccc(cc2)OC1C(C)C)N(C)C. The summed E-state index contributed by atoms with van der Waals surface area (Å²) in [5, 5.41) is 19.8. The molecule has 0 saturated carbocycles. The third-order valence-corrected chi connectivity index (χ3v) is 7.52. The van der Waals surface area contributed by atoms with Crippen molar-refractivity contribution < 1.29 is 24.2 Å². The Balaban J connectivity index is 2.05. The highest BCUT2D eigenvalue weighted by molar-refractivity contribution is 5.94. The molecule has 4 N–H and O–H groups in total. The molecule has 2 aliphatic heterocycles. The van der Waals surface area contributed by atoms with Crippen LogP contribution < -0.4 is 20.7 Å². The predicted octanol–water partition coefficient (Wildman–Crippen LogP) is 2.44. The largest absolute Gasteiger partial charge is 0.487 e. The lowest BCUT2D eigenvalue weighted by Crippen LogP contribution is -2.63. The second-order valence-electron chi connectivity index (χ2n) is 11.1. The van der Waals surface area contributed by atoms with Crippen molar-refractivity contribution >= 4 is 17.7 Å². The van der Waals surface area contributed by atoms with Gasteiger partial charge in [0.25, 0.3) is 0 Å². The molecule has 2 aromatic rings. The minimum atomic E-state index is -1.30. The Morgan fingerprint density at radius 1 is 1.05 bits per heavy atom. The summed E-state index contributed by atoms with van der Waals surface area (Å²) in [7, 11) is 3.66. The van der Waals surface area contributed by atoms with E-state index in [0.717, 1.165) is 12.0 Å². The fourth-order valence-electron chi connectivity index (χ4n) is 5.06. The van der Waals surface area contributed by atoms with Gasteiger partial charge >= 0.3 is 0 Å². The van der Waals surface area contributed by atoms with E-state index in [1.807, 2.05) is 77.0 Å². The number of nitrogens with one attached hydrogen (secondary N) is 3. The van der Waals surface area contributed by atoms with Crippen molar-refractivity contribution in [3.63, 3.8) is 0 Å². The number of aliphatic hydroxyl groups excluding tert-OH is 1. The van der Waals surface area contributed by atoms with Crippen LogP contribution in [-0.4, -0.2) is 72.6 Å². The highest BCUT2D eigenvalue weighted by Gasteiger charge is 2.40. The van der Waals surface area contributed by atoms with E-state index in [1.165, 1.54) is 0 Å². The Morgan fingerprint density at radius 2 is 1.70 bits per heavy atom. The first-order valence-corrected chi connectivity index (χ1v) is 14.1. The van der Waals surface area contributed by atoms with Crippen LogP contribution in [-0.2, 0) is 20.8 Å². The Kier molecular flexibility index (Phi) is 11.1.